The predicted octanol–water partition coefficient (Wildman–Crippen LogP) is 3.42. The van der Waals surface area contributed by atoms with Crippen molar-refractivity contribution >= 4 is 0 Å². The lowest BCUT2D eigenvalue weighted by molar-refractivity contribution is -0.0522. The third kappa shape index (κ3) is 2.39. The number of aliphatic hydroxyl groups is 1. The van der Waals surface area contributed by atoms with Gasteiger partial charge in [0, 0.05) is 0 Å². The molecule has 2 heteroatoms. The molecule has 3 fully saturated rings. The average Bonchev–Trinajstić information content (AvgIpc) is 2.94. The number of rotatable bonds is 2. The molecule has 2 nitrogen and oxygen atoms in total. The zero-order chi connectivity index (χ0) is 11.9. The van der Waals surface area contributed by atoms with Crippen LogP contribution in [0, 0.1) is 5.41 Å². The first-order valence-corrected chi connectivity index (χ1v) is 7.45. The largest absolute Gasteiger partial charge is 0.393 e. The van der Waals surface area contributed by atoms with Gasteiger partial charge < -0.3 is 9.84 Å². The molecule has 0 aromatic rings. The van der Waals surface area contributed by atoms with E-state index in [1.54, 1.807) is 0 Å². The molecule has 1 saturated heterocycles. The Morgan fingerprint density at radius 2 is 1.88 bits per heavy atom. The molecule has 0 aromatic carbocycles. The second-order valence-corrected chi connectivity index (χ2v) is 7.08. The maximum absolute atomic E-state index is 9.70. The minimum Gasteiger partial charge on any atom is -0.393 e. The first-order chi connectivity index (χ1) is 8.09. The van der Waals surface area contributed by atoms with Gasteiger partial charge in [-0.2, -0.15) is 0 Å². The number of aliphatic hydroxyl groups excluding tert-OH is 1. The molecule has 1 spiro atoms. The maximum atomic E-state index is 9.70. The molecule has 3 aliphatic rings. The lowest BCUT2D eigenvalue weighted by atomic mass is 9.82. The zero-order valence-electron chi connectivity index (χ0n) is 11.1. The molecule has 98 valence electrons. The second kappa shape index (κ2) is 4.24. The van der Waals surface area contributed by atoms with Gasteiger partial charge in [-0.05, 0) is 56.8 Å². The molecule has 1 N–H and O–H groups in total. The Kier molecular flexibility index (Phi) is 2.99. The van der Waals surface area contributed by atoms with Crippen LogP contribution in [0.25, 0.3) is 0 Å². The van der Waals surface area contributed by atoms with Gasteiger partial charge in [0.2, 0.25) is 0 Å². The van der Waals surface area contributed by atoms with E-state index in [0.717, 1.165) is 12.8 Å². The Balaban J connectivity index is 1.57. The Morgan fingerprint density at radius 3 is 2.53 bits per heavy atom. The van der Waals surface area contributed by atoms with E-state index in [-0.39, 0.29) is 11.7 Å². The van der Waals surface area contributed by atoms with E-state index in [1.807, 2.05) is 0 Å². The number of ether oxygens (including phenoxy) is 1. The molecule has 2 aliphatic carbocycles. The van der Waals surface area contributed by atoms with Gasteiger partial charge in [-0.25, -0.2) is 0 Å². The fraction of sp³-hybridized carbons (Fsp3) is 1.00. The van der Waals surface area contributed by atoms with E-state index in [9.17, 15) is 5.11 Å². The lowest BCUT2D eigenvalue weighted by Gasteiger charge is -2.29. The third-order valence-corrected chi connectivity index (χ3v) is 5.38. The topological polar surface area (TPSA) is 29.5 Å². The molecule has 17 heavy (non-hydrogen) atoms. The Morgan fingerprint density at radius 1 is 1.12 bits per heavy atom. The van der Waals surface area contributed by atoms with Gasteiger partial charge in [0.15, 0.2) is 0 Å². The van der Waals surface area contributed by atoms with Crippen molar-refractivity contribution in [1.29, 1.82) is 0 Å². The normalized spacial score (nSPS) is 44.8. The quantitative estimate of drug-likeness (QED) is 0.798. The standard InChI is InChI=1S/C15H26O2/c1-14(8-4-12(16)10-14)11-13-5-9-15(17-13)6-2-3-7-15/h12-13,16H,2-11H2,1H3. The van der Waals surface area contributed by atoms with Crippen LogP contribution < -0.4 is 0 Å². The van der Waals surface area contributed by atoms with E-state index >= 15 is 0 Å². The van der Waals surface area contributed by atoms with E-state index in [2.05, 4.69) is 6.92 Å². The van der Waals surface area contributed by atoms with E-state index in [4.69, 9.17) is 4.74 Å². The van der Waals surface area contributed by atoms with Gasteiger partial charge in [0.1, 0.15) is 0 Å². The van der Waals surface area contributed by atoms with Crippen LogP contribution in [0.1, 0.15) is 71.1 Å². The summed E-state index contributed by atoms with van der Waals surface area (Å²) < 4.78 is 6.39. The van der Waals surface area contributed by atoms with Crippen molar-refractivity contribution in [2.75, 3.05) is 0 Å². The highest BCUT2D eigenvalue weighted by Gasteiger charge is 2.45. The summed E-state index contributed by atoms with van der Waals surface area (Å²) in [6.07, 6.45) is 12.6. The Bertz CT molecular complexity index is 283. The molecular formula is C15H26O2. The van der Waals surface area contributed by atoms with Crippen LogP contribution in [0.2, 0.25) is 0 Å². The SMILES string of the molecule is CC1(CC2CCC3(CCCC3)O2)CCC(O)C1. The average molecular weight is 238 g/mol. The Hall–Kier alpha value is -0.0800. The fourth-order valence-corrected chi connectivity index (χ4v) is 4.45. The molecule has 0 amide bonds. The molecule has 1 heterocycles. The summed E-state index contributed by atoms with van der Waals surface area (Å²) in [7, 11) is 0. The molecule has 0 bridgehead atoms. The molecular weight excluding hydrogens is 212 g/mol. The van der Waals surface area contributed by atoms with Crippen LogP contribution in [-0.4, -0.2) is 22.9 Å². The highest BCUT2D eigenvalue weighted by atomic mass is 16.5. The molecule has 3 rings (SSSR count). The first-order valence-electron chi connectivity index (χ1n) is 7.45. The van der Waals surface area contributed by atoms with Crippen molar-refractivity contribution in [2.45, 2.75) is 88.9 Å². The summed E-state index contributed by atoms with van der Waals surface area (Å²) in [6.45, 7) is 2.34. The molecule has 3 atom stereocenters. The van der Waals surface area contributed by atoms with Crippen molar-refractivity contribution in [3.8, 4) is 0 Å². The highest BCUT2D eigenvalue weighted by molar-refractivity contribution is 4.96. The zero-order valence-corrected chi connectivity index (χ0v) is 11.1. The smallest absolute Gasteiger partial charge is 0.0687 e. The van der Waals surface area contributed by atoms with Gasteiger partial charge in [0.05, 0.1) is 17.8 Å². The van der Waals surface area contributed by atoms with Gasteiger partial charge in [-0.15, -0.1) is 0 Å². The molecule has 0 aromatic heterocycles. The minimum atomic E-state index is -0.0538. The fourth-order valence-electron chi connectivity index (χ4n) is 4.45. The van der Waals surface area contributed by atoms with Crippen molar-refractivity contribution in [3.63, 3.8) is 0 Å². The van der Waals surface area contributed by atoms with Gasteiger partial charge >= 0.3 is 0 Å². The summed E-state index contributed by atoms with van der Waals surface area (Å²) >= 11 is 0. The Labute approximate surface area is 105 Å². The number of hydrogen-bond donors (Lipinski definition) is 1. The van der Waals surface area contributed by atoms with Crippen molar-refractivity contribution in [2.24, 2.45) is 5.41 Å². The van der Waals surface area contributed by atoms with Crippen molar-refractivity contribution in [3.05, 3.63) is 0 Å². The van der Waals surface area contributed by atoms with E-state index < -0.39 is 0 Å². The van der Waals surface area contributed by atoms with Crippen LogP contribution >= 0.6 is 0 Å². The molecule has 1 aliphatic heterocycles. The monoisotopic (exact) mass is 238 g/mol. The van der Waals surface area contributed by atoms with Crippen LogP contribution in [-0.2, 0) is 4.74 Å². The van der Waals surface area contributed by atoms with Gasteiger partial charge in [0.25, 0.3) is 0 Å². The van der Waals surface area contributed by atoms with Crippen molar-refractivity contribution in [1.82, 2.24) is 0 Å². The maximum Gasteiger partial charge on any atom is 0.0687 e. The first kappa shape index (κ1) is 12.0. The van der Waals surface area contributed by atoms with Gasteiger partial charge in [-0.3, -0.25) is 0 Å². The highest BCUT2D eigenvalue weighted by Crippen LogP contribution is 2.48. The second-order valence-electron chi connectivity index (χ2n) is 7.08. The summed E-state index contributed by atoms with van der Waals surface area (Å²) in [6, 6.07) is 0. The van der Waals surface area contributed by atoms with E-state index in [1.165, 1.54) is 51.4 Å². The summed E-state index contributed by atoms with van der Waals surface area (Å²) in [5.41, 5.74) is 0.618. The van der Waals surface area contributed by atoms with Crippen LogP contribution in [0.3, 0.4) is 0 Å². The van der Waals surface area contributed by atoms with Crippen LogP contribution in [0.15, 0.2) is 0 Å². The summed E-state index contributed by atoms with van der Waals surface area (Å²) in [4.78, 5) is 0. The third-order valence-electron chi connectivity index (χ3n) is 5.38. The lowest BCUT2D eigenvalue weighted by Crippen LogP contribution is -2.27. The minimum absolute atomic E-state index is 0.0538. The predicted molar refractivity (Wildman–Crippen MR) is 67.9 cm³/mol. The van der Waals surface area contributed by atoms with E-state index in [0.29, 0.717) is 11.5 Å². The van der Waals surface area contributed by atoms with Gasteiger partial charge in [-0.1, -0.05) is 19.8 Å². The summed E-state index contributed by atoms with van der Waals surface area (Å²) in [5.74, 6) is 0. The molecule has 0 radical (unpaired) electrons. The molecule has 3 unspecified atom stereocenters. The van der Waals surface area contributed by atoms with Crippen LogP contribution in [0.4, 0.5) is 0 Å². The van der Waals surface area contributed by atoms with Crippen LogP contribution in [0.5, 0.6) is 0 Å². The van der Waals surface area contributed by atoms with Crippen molar-refractivity contribution < 1.29 is 9.84 Å². The summed E-state index contributed by atoms with van der Waals surface area (Å²) in [5, 5.41) is 9.70. The molecule has 2 saturated carbocycles. The number of hydrogen-bond acceptors (Lipinski definition) is 2.